The summed E-state index contributed by atoms with van der Waals surface area (Å²) >= 11 is 0. The first-order chi connectivity index (χ1) is 10.1. The van der Waals surface area contributed by atoms with E-state index in [2.05, 4.69) is 15.5 Å². The van der Waals surface area contributed by atoms with E-state index in [1.54, 1.807) is 24.3 Å². The molecule has 0 atom stereocenters. The highest BCUT2D eigenvalue weighted by molar-refractivity contribution is 6.05. The molecule has 0 bridgehead atoms. The molecule has 7 heteroatoms. The van der Waals surface area contributed by atoms with Crippen LogP contribution < -0.4 is 16.6 Å². The number of amides is 1. The van der Waals surface area contributed by atoms with Gasteiger partial charge in [0.2, 0.25) is 0 Å². The van der Waals surface area contributed by atoms with Crippen LogP contribution in [0.15, 0.2) is 29.1 Å². The zero-order chi connectivity index (χ0) is 15.5. The van der Waals surface area contributed by atoms with E-state index >= 15 is 0 Å². The normalized spacial score (nSPS) is 11.0. The molecule has 0 fully saturated rings. The van der Waals surface area contributed by atoms with Crippen LogP contribution in [0.25, 0.3) is 10.8 Å². The van der Waals surface area contributed by atoms with Crippen molar-refractivity contribution in [2.45, 2.75) is 32.2 Å². The number of nitrogens with zero attached hydrogens (tertiary/aromatic N) is 1. The number of rotatable bonds is 5. The summed E-state index contributed by atoms with van der Waals surface area (Å²) in [5, 5.41) is 10.2. The van der Waals surface area contributed by atoms with E-state index in [1.165, 1.54) is 0 Å². The molecule has 1 heterocycles. The molecule has 6 nitrogen and oxygen atoms in total. The second kappa shape index (κ2) is 7.38. The lowest BCUT2D eigenvalue weighted by molar-refractivity contribution is 0.0891. The summed E-state index contributed by atoms with van der Waals surface area (Å²) in [6.07, 6.45) is 1.46. The van der Waals surface area contributed by atoms with Crippen molar-refractivity contribution in [3.8, 4) is 0 Å². The van der Waals surface area contributed by atoms with Gasteiger partial charge < -0.3 is 11.1 Å². The zero-order valence-corrected chi connectivity index (χ0v) is 13.5. The number of nitrogens with one attached hydrogen (secondary N) is 2. The molecule has 120 valence electrons. The zero-order valence-electron chi connectivity index (χ0n) is 12.7. The summed E-state index contributed by atoms with van der Waals surface area (Å²) in [5.41, 5.74) is 5.26. The molecule has 2 aromatic rings. The lowest BCUT2D eigenvalue weighted by Gasteiger charge is -2.31. The third-order valence-corrected chi connectivity index (χ3v) is 4.03. The minimum Gasteiger partial charge on any atom is -0.344 e. The van der Waals surface area contributed by atoms with Crippen molar-refractivity contribution in [2.24, 2.45) is 5.73 Å². The third kappa shape index (κ3) is 3.28. The Bertz CT molecular complexity index is 702. The monoisotopic (exact) mass is 324 g/mol. The van der Waals surface area contributed by atoms with Gasteiger partial charge in [0, 0.05) is 11.9 Å². The molecule has 22 heavy (non-hydrogen) atoms. The van der Waals surface area contributed by atoms with E-state index in [0.717, 1.165) is 12.8 Å². The predicted octanol–water partition coefficient (Wildman–Crippen LogP) is 1.59. The third-order valence-electron chi connectivity index (χ3n) is 4.03. The first kappa shape index (κ1) is 18.1. The molecular formula is C15H21ClN4O2. The number of aromatic nitrogens is 2. The van der Waals surface area contributed by atoms with Gasteiger partial charge in [-0.1, -0.05) is 32.0 Å². The van der Waals surface area contributed by atoms with Gasteiger partial charge in [-0.25, -0.2) is 5.10 Å². The van der Waals surface area contributed by atoms with Crippen molar-refractivity contribution < 1.29 is 4.79 Å². The first-order valence-corrected chi connectivity index (χ1v) is 7.07. The van der Waals surface area contributed by atoms with Crippen LogP contribution in [0.2, 0.25) is 0 Å². The number of carbonyl (C=O) groups is 1. The Hall–Kier alpha value is -1.92. The smallest absolute Gasteiger partial charge is 0.272 e. The fourth-order valence-electron chi connectivity index (χ4n) is 2.35. The number of aromatic amines is 1. The highest BCUT2D eigenvalue weighted by Crippen LogP contribution is 2.17. The molecule has 0 aliphatic carbocycles. The van der Waals surface area contributed by atoms with Gasteiger partial charge in [-0.2, -0.15) is 5.10 Å². The Morgan fingerprint density at radius 3 is 2.41 bits per heavy atom. The van der Waals surface area contributed by atoms with E-state index in [4.69, 9.17) is 5.73 Å². The number of carbonyl (C=O) groups excluding carboxylic acids is 1. The number of fused-ring (bicyclic) bond motifs is 1. The van der Waals surface area contributed by atoms with Crippen LogP contribution in [-0.4, -0.2) is 28.2 Å². The molecule has 1 amide bonds. The summed E-state index contributed by atoms with van der Waals surface area (Å²) in [5.74, 6) is -0.323. The van der Waals surface area contributed by atoms with Gasteiger partial charge in [0.15, 0.2) is 5.69 Å². The molecule has 0 saturated heterocycles. The molecule has 0 unspecified atom stereocenters. The molecule has 1 aromatic carbocycles. The highest BCUT2D eigenvalue weighted by Gasteiger charge is 2.28. The van der Waals surface area contributed by atoms with Crippen molar-refractivity contribution in [3.63, 3.8) is 0 Å². The lowest BCUT2D eigenvalue weighted by Crippen LogP contribution is -2.53. The number of halogens is 1. The average molecular weight is 325 g/mol. The fourth-order valence-corrected chi connectivity index (χ4v) is 2.35. The molecule has 0 saturated carbocycles. The molecule has 1 aromatic heterocycles. The SMILES string of the molecule is CCC(CC)(CN)NC(=O)c1n[nH]c(=O)c2ccccc12.Cl. The number of hydrogen-bond donors (Lipinski definition) is 3. The maximum Gasteiger partial charge on any atom is 0.272 e. The largest absolute Gasteiger partial charge is 0.344 e. The second-order valence-electron chi connectivity index (χ2n) is 5.09. The summed E-state index contributed by atoms with van der Waals surface area (Å²) in [6, 6.07) is 6.91. The Labute approximate surface area is 134 Å². The molecule has 0 spiro atoms. The lowest BCUT2D eigenvalue weighted by atomic mass is 9.92. The van der Waals surface area contributed by atoms with Crippen LogP contribution in [0, 0.1) is 0 Å². The van der Waals surface area contributed by atoms with Crippen molar-refractivity contribution >= 4 is 29.1 Å². The van der Waals surface area contributed by atoms with E-state index in [1.807, 2.05) is 13.8 Å². The average Bonchev–Trinajstić information content (AvgIpc) is 2.53. The molecule has 0 aliphatic rings. The van der Waals surface area contributed by atoms with Gasteiger partial charge in [-0.15, -0.1) is 12.4 Å². The minimum absolute atomic E-state index is 0. The van der Waals surface area contributed by atoms with Crippen LogP contribution in [0.5, 0.6) is 0 Å². The highest BCUT2D eigenvalue weighted by atomic mass is 35.5. The fraction of sp³-hybridized carbons (Fsp3) is 0.400. The summed E-state index contributed by atoms with van der Waals surface area (Å²) in [4.78, 5) is 24.2. The van der Waals surface area contributed by atoms with E-state index in [9.17, 15) is 9.59 Å². The molecule has 0 aliphatic heterocycles. The first-order valence-electron chi connectivity index (χ1n) is 7.07. The maximum atomic E-state index is 12.5. The van der Waals surface area contributed by atoms with Gasteiger partial charge >= 0.3 is 0 Å². The summed E-state index contributed by atoms with van der Waals surface area (Å²) in [7, 11) is 0. The van der Waals surface area contributed by atoms with Crippen molar-refractivity contribution in [3.05, 3.63) is 40.3 Å². The van der Waals surface area contributed by atoms with Gasteiger partial charge in [-0.05, 0) is 18.9 Å². The van der Waals surface area contributed by atoms with Gasteiger partial charge in [-0.3, -0.25) is 9.59 Å². The molecular weight excluding hydrogens is 304 g/mol. The van der Waals surface area contributed by atoms with Gasteiger partial charge in [0.25, 0.3) is 11.5 Å². The van der Waals surface area contributed by atoms with Gasteiger partial charge in [0.1, 0.15) is 0 Å². The number of hydrogen-bond acceptors (Lipinski definition) is 4. The second-order valence-corrected chi connectivity index (χ2v) is 5.09. The number of H-pyrrole nitrogens is 1. The van der Waals surface area contributed by atoms with Crippen molar-refractivity contribution in [1.82, 2.24) is 15.5 Å². The van der Waals surface area contributed by atoms with E-state index < -0.39 is 5.54 Å². The molecule has 0 radical (unpaired) electrons. The van der Waals surface area contributed by atoms with Gasteiger partial charge in [0.05, 0.1) is 10.9 Å². The predicted molar refractivity (Wildman–Crippen MR) is 89.4 cm³/mol. The topological polar surface area (TPSA) is 101 Å². The van der Waals surface area contributed by atoms with Crippen LogP contribution in [0.4, 0.5) is 0 Å². The van der Waals surface area contributed by atoms with E-state index in [0.29, 0.717) is 17.3 Å². The Morgan fingerprint density at radius 2 is 1.86 bits per heavy atom. The Balaban J connectivity index is 0.00000242. The van der Waals surface area contributed by atoms with Crippen LogP contribution in [0.1, 0.15) is 37.2 Å². The Morgan fingerprint density at radius 1 is 1.27 bits per heavy atom. The number of nitrogens with two attached hydrogens (primary N) is 1. The van der Waals surface area contributed by atoms with Crippen LogP contribution >= 0.6 is 12.4 Å². The molecule has 2 rings (SSSR count). The quantitative estimate of drug-likeness (QED) is 0.777. The van der Waals surface area contributed by atoms with Crippen LogP contribution in [-0.2, 0) is 0 Å². The van der Waals surface area contributed by atoms with Crippen molar-refractivity contribution in [1.29, 1.82) is 0 Å². The minimum atomic E-state index is -0.448. The number of benzene rings is 1. The molecule has 4 N–H and O–H groups in total. The van der Waals surface area contributed by atoms with Crippen molar-refractivity contribution in [2.75, 3.05) is 6.54 Å². The summed E-state index contributed by atoms with van der Waals surface area (Å²) in [6.45, 7) is 4.32. The standard InChI is InChI=1S/C15H20N4O2.ClH/c1-3-15(4-2,9-16)17-14(21)12-10-7-5-6-8-11(10)13(20)19-18-12;/h5-8H,3-4,9,16H2,1-2H3,(H,17,21)(H,19,20);1H. The van der Waals surface area contributed by atoms with Crippen LogP contribution in [0.3, 0.4) is 0 Å². The summed E-state index contributed by atoms with van der Waals surface area (Å²) < 4.78 is 0. The van der Waals surface area contributed by atoms with E-state index in [-0.39, 0.29) is 29.6 Å². The maximum absolute atomic E-state index is 12.5. The Kier molecular flexibility index (Phi) is 6.08.